The topological polar surface area (TPSA) is 307 Å². The second-order valence-corrected chi connectivity index (χ2v) is 27.4. The van der Waals surface area contributed by atoms with Crippen LogP contribution in [0.4, 0.5) is 0 Å². The maximum absolute atomic E-state index is 13.4. The van der Waals surface area contributed by atoms with Crippen molar-refractivity contribution in [2.24, 2.45) is 0 Å². The van der Waals surface area contributed by atoms with Crippen molar-refractivity contribution in [2.75, 3.05) is 26.4 Å². The molecule has 0 bridgehead atoms. The minimum absolute atomic E-state index is 0.238. The van der Waals surface area contributed by atoms with E-state index in [-0.39, 0.29) is 18.9 Å². The number of amides is 1. The lowest BCUT2D eigenvalue weighted by molar-refractivity contribution is -0.379. The molecule has 19 heteroatoms. The fourth-order valence-corrected chi connectivity index (χ4v) is 12.6. The highest BCUT2D eigenvalue weighted by atomic mass is 16.8. The normalized spacial score (nSPS) is 27.1. The monoisotopic (exact) mass is 1410 g/mol. The zero-order valence-electron chi connectivity index (χ0n) is 61.4. The molecule has 3 aliphatic heterocycles. The highest BCUT2D eigenvalue weighted by Crippen LogP contribution is 2.33. The van der Waals surface area contributed by atoms with Crippen LogP contribution in [0.2, 0.25) is 0 Å². The van der Waals surface area contributed by atoms with Crippen molar-refractivity contribution < 1.29 is 89.4 Å². The maximum atomic E-state index is 13.4. The lowest BCUT2D eigenvalue weighted by atomic mass is 9.96. The summed E-state index contributed by atoms with van der Waals surface area (Å²) in [4.78, 5) is 13.4. The third kappa shape index (κ3) is 40.6. The molecule has 576 valence electrons. The first-order valence-electron chi connectivity index (χ1n) is 39.1. The molecule has 0 saturated carbocycles. The predicted molar refractivity (Wildman–Crippen MR) is 397 cm³/mol. The van der Waals surface area contributed by atoms with Crippen LogP contribution in [0.1, 0.15) is 264 Å². The van der Waals surface area contributed by atoms with Crippen LogP contribution in [0.5, 0.6) is 0 Å². The zero-order valence-corrected chi connectivity index (χ0v) is 61.4. The first kappa shape index (κ1) is 90.7. The Kier molecular flexibility index (Phi) is 55.0. The second-order valence-electron chi connectivity index (χ2n) is 27.4. The van der Waals surface area contributed by atoms with Gasteiger partial charge in [-0.05, 0) is 83.5 Å². The summed E-state index contributed by atoms with van der Waals surface area (Å²) in [5.41, 5.74) is 0. The Balaban J connectivity index is 1.33. The minimum Gasteiger partial charge on any atom is -0.394 e. The fraction of sp³-hybridized carbons (Fsp3) is 0.765. The summed E-state index contributed by atoms with van der Waals surface area (Å²) in [6, 6.07) is -0.979. The first-order valence-corrected chi connectivity index (χ1v) is 39.1. The number of rotatable bonds is 60. The van der Waals surface area contributed by atoms with Gasteiger partial charge in [-0.15, -0.1) is 0 Å². The molecule has 100 heavy (non-hydrogen) atoms. The first-order chi connectivity index (χ1) is 48.8. The molecule has 17 unspecified atom stereocenters. The molecule has 0 spiro atoms. The number of unbranched alkanes of at least 4 members (excludes halogenated alkanes) is 28. The molecule has 19 nitrogen and oxygen atoms in total. The van der Waals surface area contributed by atoms with Gasteiger partial charge in [0.15, 0.2) is 18.9 Å². The number of carbonyl (C=O) groups is 1. The van der Waals surface area contributed by atoms with Crippen LogP contribution in [-0.2, 0) is 33.2 Å². The Morgan fingerprint density at radius 3 is 1.08 bits per heavy atom. The van der Waals surface area contributed by atoms with E-state index >= 15 is 0 Å². The Bertz CT molecular complexity index is 2230. The van der Waals surface area contributed by atoms with Gasteiger partial charge in [0.05, 0.1) is 38.6 Å². The molecule has 3 heterocycles. The van der Waals surface area contributed by atoms with Gasteiger partial charge in [-0.3, -0.25) is 4.79 Å². The summed E-state index contributed by atoms with van der Waals surface area (Å²) < 4.78 is 34.4. The number of aliphatic hydroxyl groups is 11. The molecule has 12 N–H and O–H groups in total. The number of carbonyl (C=O) groups excluding carboxylic acids is 1. The third-order valence-corrected chi connectivity index (χ3v) is 18.8. The second kappa shape index (κ2) is 60.7. The Morgan fingerprint density at radius 2 is 0.690 bits per heavy atom. The van der Waals surface area contributed by atoms with Crippen LogP contribution in [0, 0.1) is 0 Å². The van der Waals surface area contributed by atoms with Crippen molar-refractivity contribution in [3.63, 3.8) is 0 Å². The van der Waals surface area contributed by atoms with Crippen LogP contribution in [0.3, 0.4) is 0 Å². The van der Waals surface area contributed by atoms with E-state index in [1.807, 2.05) is 6.08 Å². The van der Waals surface area contributed by atoms with Crippen molar-refractivity contribution >= 4 is 5.91 Å². The molecule has 3 aliphatic rings. The van der Waals surface area contributed by atoms with Gasteiger partial charge >= 0.3 is 0 Å². The zero-order chi connectivity index (χ0) is 72.5. The highest BCUT2D eigenvalue weighted by molar-refractivity contribution is 5.76. The SMILES string of the molecule is CC/C=C\C/C=C\C/C=C\C/C=C\C/C=C\C/C=C\C/C=C\C/C=C\CCCCCCCCCCCCCCCCC(=O)NC(COC1OC(CO)C(OC2OC(CO)C(OC3OC(CO)C(O)C(O)C3O)C(O)C2O)C(O)C1O)C(O)/C=C/CCCCCCCCCCCCCCCC. The molecule has 3 saturated heterocycles. The van der Waals surface area contributed by atoms with Crippen molar-refractivity contribution in [1.82, 2.24) is 5.32 Å². The maximum Gasteiger partial charge on any atom is 0.220 e. The Hall–Kier alpha value is -3.55. The Morgan fingerprint density at radius 1 is 0.370 bits per heavy atom. The summed E-state index contributed by atoms with van der Waals surface area (Å²) in [5.74, 6) is -0.278. The van der Waals surface area contributed by atoms with E-state index in [1.54, 1.807) is 6.08 Å². The van der Waals surface area contributed by atoms with Gasteiger partial charge in [-0.25, -0.2) is 0 Å². The lowest BCUT2D eigenvalue weighted by Crippen LogP contribution is -2.66. The summed E-state index contributed by atoms with van der Waals surface area (Å²) in [6.45, 7) is 1.62. The van der Waals surface area contributed by atoms with Gasteiger partial charge in [-0.2, -0.15) is 0 Å². The van der Waals surface area contributed by atoms with E-state index in [9.17, 15) is 61.0 Å². The molecule has 0 aromatic carbocycles. The summed E-state index contributed by atoms with van der Waals surface area (Å²) >= 11 is 0. The van der Waals surface area contributed by atoms with Crippen molar-refractivity contribution in [3.05, 3.63) is 109 Å². The number of hydrogen-bond donors (Lipinski definition) is 12. The molecule has 0 aromatic heterocycles. The third-order valence-electron chi connectivity index (χ3n) is 18.8. The fourth-order valence-electron chi connectivity index (χ4n) is 12.6. The van der Waals surface area contributed by atoms with Gasteiger partial charge < -0.3 is 89.9 Å². The minimum atomic E-state index is -1.98. The standard InChI is InChI=1S/C81H139NO18/c1-3-5-7-9-11-13-15-17-19-21-22-23-24-25-26-27-28-29-30-31-32-33-34-35-36-37-38-39-40-41-42-43-45-47-49-51-53-55-57-59-69(87)82-64(65(86)58-56-54-52-50-48-46-44-20-18-16-14-12-10-8-6-4-2)63-95-79-75(93)72(90)77(67(61-84)97-79)100-81-76(94)73(91)78(68(62-85)98-81)99-80-74(92)71(89)70(88)66(60-83)96-80/h5,7,11,13,17,19,22-23,25-26,28-29,31-32,34-35,56,58,64-68,70-81,83-86,88-94H,3-4,6,8-10,12,14-16,18,20-21,24,27,30,33,36-55,57,59-63H2,1-2H3,(H,82,87)/b7-5-,13-11-,19-17-,23-22-,26-25-,29-28-,32-31-,35-34-,58-56+. The van der Waals surface area contributed by atoms with Gasteiger partial charge in [-0.1, -0.05) is 284 Å². The van der Waals surface area contributed by atoms with Gasteiger partial charge in [0.1, 0.15) is 73.2 Å². The molecule has 17 atom stereocenters. The number of aliphatic hydroxyl groups excluding tert-OH is 11. The summed E-state index contributed by atoms with van der Waals surface area (Å²) in [6.07, 6.45) is 56.4. The van der Waals surface area contributed by atoms with E-state index < -0.39 is 124 Å². The number of ether oxygens (including phenoxy) is 6. The van der Waals surface area contributed by atoms with Gasteiger partial charge in [0.25, 0.3) is 0 Å². The molecule has 3 rings (SSSR count). The van der Waals surface area contributed by atoms with Crippen molar-refractivity contribution in [1.29, 1.82) is 0 Å². The van der Waals surface area contributed by atoms with Gasteiger partial charge in [0.2, 0.25) is 5.91 Å². The molecule has 1 amide bonds. The molecule has 0 radical (unpaired) electrons. The molecular formula is C81H139NO18. The summed E-state index contributed by atoms with van der Waals surface area (Å²) in [7, 11) is 0. The van der Waals surface area contributed by atoms with E-state index in [2.05, 4.69) is 116 Å². The van der Waals surface area contributed by atoms with E-state index in [4.69, 9.17) is 28.4 Å². The largest absolute Gasteiger partial charge is 0.394 e. The predicted octanol–water partition coefficient (Wildman–Crippen LogP) is 12.6. The number of nitrogens with one attached hydrogen (secondary N) is 1. The van der Waals surface area contributed by atoms with Crippen molar-refractivity contribution in [2.45, 2.75) is 369 Å². The van der Waals surface area contributed by atoms with Gasteiger partial charge in [0, 0.05) is 6.42 Å². The smallest absolute Gasteiger partial charge is 0.220 e. The highest BCUT2D eigenvalue weighted by Gasteiger charge is 2.53. The van der Waals surface area contributed by atoms with Crippen LogP contribution in [-0.4, -0.2) is 193 Å². The van der Waals surface area contributed by atoms with Crippen molar-refractivity contribution in [3.8, 4) is 0 Å². The van der Waals surface area contributed by atoms with E-state index in [1.165, 1.54) is 135 Å². The van der Waals surface area contributed by atoms with Crippen LogP contribution in [0.25, 0.3) is 0 Å². The lowest BCUT2D eigenvalue weighted by Gasteiger charge is -2.48. The van der Waals surface area contributed by atoms with E-state index in [0.29, 0.717) is 6.42 Å². The number of allylic oxidation sites excluding steroid dienone is 17. The Labute approximate surface area is 602 Å². The van der Waals surface area contributed by atoms with Crippen LogP contribution in [0.15, 0.2) is 109 Å². The molecule has 0 aromatic rings. The van der Waals surface area contributed by atoms with Crippen LogP contribution < -0.4 is 5.32 Å². The van der Waals surface area contributed by atoms with Crippen LogP contribution >= 0.6 is 0 Å². The molecular weight excluding hydrogens is 1270 g/mol. The quantitative estimate of drug-likeness (QED) is 0.0199. The summed E-state index contributed by atoms with van der Waals surface area (Å²) in [5, 5.41) is 121. The number of hydrogen-bond acceptors (Lipinski definition) is 18. The average Bonchev–Trinajstić information content (AvgIpc) is 0.784. The van der Waals surface area contributed by atoms with E-state index in [0.717, 1.165) is 103 Å². The average molecular weight is 1410 g/mol. The molecule has 0 aliphatic carbocycles. The molecule has 3 fully saturated rings.